The van der Waals surface area contributed by atoms with Gasteiger partial charge in [-0.2, -0.15) is 0 Å². The normalized spacial score (nSPS) is 10.8. The molecule has 0 aliphatic heterocycles. The first kappa shape index (κ1) is 20.8. The van der Waals surface area contributed by atoms with E-state index in [1.807, 2.05) is 66.8 Å². The van der Waals surface area contributed by atoms with Crippen molar-refractivity contribution in [1.29, 1.82) is 0 Å². The van der Waals surface area contributed by atoms with Crippen molar-refractivity contribution in [3.63, 3.8) is 0 Å². The third-order valence-corrected chi connectivity index (χ3v) is 4.75. The highest BCUT2D eigenvalue weighted by atomic mass is 14.0. The van der Waals surface area contributed by atoms with Gasteiger partial charge in [-0.25, -0.2) is 0 Å². The average molecular weight is 387 g/mol. The zero-order valence-electron chi connectivity index (χ0n) is 17.2. The fourth-order valence-electron chi connectivity index (χ4n) is 3.03. The van der Waals surface area contributed by atoms with Gasteiger partial charge in [0.25, 0.3) is 0 Å². The van der Waals surface area contributed by atoms with Crippen LogP contribution >= 0.6 is 0 Å². The third-order valence-electron chi connectivity index (χ3n) is 4.75. The van der Waals surface area contributed by atoms with Crippen molar-refractivity contribution in [3.05, 3.63) is 157 Å². The number of hydrogen-bond donors (Lipinski definition) is 0. The minimum atomic E-state index is 0.857. The highest BCUT2D eigenvalue weighted by molar-refractivity contribution is 5.94. The van der Waals surface area contributed by atoms with Crippen molar-refractivity contribution < 1.29 is 0 Å². The molecule has 3 aromatic rings. The fraction of sp³-hybridized carbons (Fsp3) is 0. The Kier molecular flexibility index (Phi) is 7.35. The lowest BCUT2D eigenvalue weighted by molar-refractivity contribution is 1.59. The highest BCUT2D eigenvalue weighted by Crippen LogP contribution is 2.24. The summed E-state index contributed by atoms with van der Waals surface area (Å²) in [5, 5.41) is 2.31. The first-order chi connectivity index (χ1) is 14.6. The van der Waals surface area contributed by atoms with Gasteiger partial charge in [0, 0.05) is 0 Å². The van der Waals surface area contributed by atoms with Gasteiger partial charge in [-0.05, 0) is 38.6 Å². The number of allylic oxidation sites excluding steroid dienone is 6. The van der Waals surface area contributed by atoms with Crippen LogP contribution < -0.4 is 0 Å². The second-order valence-electron chi connectivity index (χ2n) is 6.95. The summed E-state index contributed by atoms with van der Waals surface area (Å²) in [5.41, 5.74) is 4.87. The number of fused-ring (bicyclic) bond motifs is 1. The molecule has 0 N–H and O–H groups in total. The predicted octanol–water partition coefficient (Wildman–Crippen LogP) is 8.36. The molecule has 146 valence electrons. The molecule has 0 radical (unpaired) electrons. The standard InChI is InChI=1S/C30H26/c1-24(25(2)22-23-27-14-8-7-9-15-27)20-21-26(3)29-18-11-6-4-5-10-16-28-17-12-13-19-30(28)29/h4-23H,1-3H2/b5-4?,6-4?,10-5?,11-6?,16-10?,18-11?,21-20-,23-22-,28-16?,29-18?,30-29?. The van der Waals surface area contributed by atoms with Crippen molar-refractivity contribution in [2.75, 3.05) is 0 Å². The fourth-order valence-corrected chi connectivity index (χ4v) is 3.03. The molecule has 0 saturated heterocycles. The topological polar surface area (TPSA) is 0 Å². The molecule has 0 bridgehead atoms. The smallest absolute Gasteiger partial charge is 0.0106 e. The summed E-state index contributed by atoms with van der Waals surface area (Å²) in [6, 6.07) is 32.9. The highest BCUT2D eigenvalue weighted by Gasteiger charge is 2.00. The Morgan fingerprint density at radius 3 is 1.83 bits per heavy atom. The van der Waals surface area contributed by atoms with Crippen molar-refractivity contribution in [2.45, 2.75) is 0 Å². The average Bonchev–Trinajstić information content (AvgIpc) is 2.79. The van der Waals surface area contributed by atoms with Gasteiger partial charge in [-0.3, -0.25) is 0 Å². The van der Waals surface area contributed by atoms with E-state index in [1.54, 1.807) is 0 Å². The number of benzene rings is 2. The lowest BCUT2D eigenvalue weighted by atomic mass is 9.99. The monoisotopic (exact) mass is 386 g/mol. The molecular formula is C30H26. The maximum atomic E-state index is 4.31. The van der Waals surface area contributed by atoms with Crippen LogP contribution in [0.15, 0.2) is 146 Å². The number of hydrogen-bond acceptors (Lipinski definition) is 0. The van der Waals surface area contributed by atoms with E-state index in [1.165, 1.54) is 0 Å². The van der Waals surface area contributed by atoms with E-state index in [-0.39, 0.29) is 0 Å². The molecule has 0 heterocycles. The van der Waals surface area contributed by atoms with Gasteiger partial charge in [-0.1, -0.05) is 141 Å². The van der Waals surface area contributed by atoms with Crippen LogP contribution in [0.2, 0.25) is 0 Å². The first-order valence-electron chi connectivity index (χ1n) is 9.95. The Bertz CT molecular complexity index is 1170. The van der Waals surface area contributed by atoms with Crippen LogP contribution in [0.4, 0.5) is 0 Å². The summed E-state index contributed by atoms with van der Waals surface area (Å²) in [6.07, 6.45) is 8.01. The molecule has 0 spiro atoms. The molecule has 0 atom stereocenters. The molecule has 0 nitrogen and oxygen atoms in total. The first-order valence-corrected chi connectivity index (χ1v) is 9.95. The van der Waals surface area contributed by atoms with Crippen LogP contribution in [0.1, 0.15) is 11.1 Å². The van der Waals surface area contributed by atoms with E-state index >= 15 is 0 Å². The molecule has 3 aromatic carbocycles. The minimum absolute atomic E-state index is 0.857. The molecule has 0 aliphatic carbocycles. The second kappa shape index (κ2) is 10.6. The Morgan fingerprint density at radius 1 is 0.533 bits per heavy atom. The van der Waals surface area contributed by atoms with E-state index in [4.69, 9.17) is 0 Å². The second-order valence-corrected chi connectivity index (χ2v) is 6.95. The largest absolute Gasteiger partial charge is 0.0912 e. The van der Waals surface area contributed by atoms with Gasteiger partial charge >= 0.3 is 0 Å². The SMILES string of the molecule is C=C(/C=C\C(=C)c1cccccccc2ccccc12)C(=C)/C=C\c1ccccc1. The molecule has 0 saturated carbocycles. The minimum Gasteiger partial charge on any atom is -0.0912 e. The summed E-state index contributed by atoms with van der Waals surface area (Å²) >= 11 is 0. The van der Waals surface area contributed by atoms with Crippen molar-refractivity contribution in [3.8, 4) is 0 Å². The predicted molar refractivity (Wildman–Crippen MR) is 134 cm³/mol. The van der Waals surface area contributed by atoms with E-state index in [9.17, 15) is 0 Å². The summed E-state index contributed by atoms with van der Waals surface area (Å²) in [7, 11) is 0. The number of rotatable bonds is 6. The molecular weight excluding hydrogens is 360 g/mol. The van der Waals surface area contributed by atoms with Gasteiger partial charge in [0.05, 0.1) is 0 Å². The van der Waals surface area contributed by atoms with Gasteiger partial charge in [-0.15, -0.1) is 0 Å². The van der Waals surface area contributed by atoms with Crippen LogP contribution in [0.25, 0.3) is 22.4 Å². The summed E-state index contributed by atoms with van der Waals surface area (Å²) in [4.78, 5) is 0. The Hall–Kier alpha value is -3.90. The quantitative estimate of drug-likeness (QED) is 0.373. The van der Waals surface area contributed by atoms with Crippen LogP contribution in [-0.4, -0.2) is 0 Å². The van der Waals surface area contributed by atoms with Crippen LogP contribution in [-0.2, 0) is 0 Å². The summed E-state index contributed by atoms with van der Waals surface area (Å²) in [5.74, 6) is 0. The lowest BCUT2D eigenvalue weighted by Gasteiger charge is -2.05. The van der Waals surface area contributed by atoms with Crippen LogP contribution in [0.5, 0.6) is 0 Å². The van der Waals surface area contributed by atoms with Gasteiger partial charge in [0.1, 0.15) is 0 Å². The molecule has 0 amide bonds. The third kappa shape index (κ3) is 5.80. The summed E-state index contributed by atoms with van der Waals surface area (Å²) in [6.45, 7) is 12.6. The molecule has 3 rings (SSSR count). The maximum absolute atomic E-state index is 4.31. The Labute approximate surface area is 179 Å². The zero-order chi connectivity index (χ0) is 21.2. The van der Waals surface area contributed by atoms with Gasteiger partial charge in [0.2, 0.25) is 0 Å². The Morgan fingerprint density at radius 2 is 1.07 bits per heavy atom. The van der Waals surface area contributed by atoms with Crippen molar-refractivity contribution >= 4 is 22.4 Å². The lowest BCUT2D eigenvalue weighted by Crippen LogP contribution is -1.83. The van der Waals surface area contributed by atoms with Gasteiger partial charge in [0.15, 0.2) is 0 Å². The summed E-state index contributed by atoms with van der Waals surface area (Å²) < 4.78 is 0. The Balaban J connectivity index is 1.85. The molecule has 0 heteroatoms. The van der Waals surface area contributed by atoms with E-state index < -0.39 is 0 Å². The zero-order valence-corrected chi connectivity index (χ0v) is 17.2. The van der Waals surface area contributed by atoms with E-state index in [2.05, 4.69) is 74.3 Å². The molecule has 0 aromatic heterocycles. The van der Waals surface area contributed by atoms with Gasteiger partial charge < -0.3 is 0 Å². The maximum Gasteiger partial charge on any atom is -0.0106 e. The van der Waals surface area contributed by atoms with Crippen molar-refractivity contribution in [1.82, 2.24) is 0 Å². The van der Waals surface area contributed by atoms with Crippen LogP contribution in [0.3, 0.4) is 0 Å². The van der Waals surface area contributed by atoms with Crippen LogP contribution in [0, 0.1) is 0 Å². The van der Waals surface area contributed by atoms with E-state index in [0.29, 0.717) is 0 Å². The molecule has 0 aliphatic rings. The molecule has 30 heavy (non-hydrogen) atoms. The van der Waals surface area contributed by atoms with E-state index in [0.717, 1.165) is 38.6 Å². The van der Waals surface area contributed by atoms with Crippen molar-refractivity contribution in [2.24, 2.45) is 0 Å². The molecule has 0 fully saturated rings. The molecule has 0 unspecified atom stereocenters.